The molecular formula is C14H12N2O3. The first-order valence-electron chi connectivity index (χ1n) is 5.95. The summed E-state index contributed by atoms with van der Waals surface area (Å²) in [4.78, 5) is 25.3. The summed E-state index contributed by atoms with van der Waals surface area (Å²) in [5.41, 5.74) is 2.80. The van der Waals surface area contributed by atoms with E-state index in [4.69, 9.17) is 4.52 Å². The fraction of sp³-hybridized carbons (Fsp3) is 0.214. The molecule has 0 spiro atoms. The van der Waals surface area contributed by atoms with Crippen LogP contribution in [0.15, 0.2) is 28.8 Å². The van der Waals surface area contributed by atoms with Crippen LogP contribution in [0.5, 0.6) is 0 Å². The Morgan fingerprint density at radius 1 is 1.21 bits per heavy atom. The Bertz CT molecular complexity index is 688. The molecule has 5 heteroatoms. The first-order valence-corrected chi connectivity index (χ1v) is 5.95. The predicted molar refractivity (Wildman–Crippen MR) is 67.9 cm³/mol. The molecule has 1 aromatic heterocycles. The Kier molecular flexibility index (Phi) is 2.48. The zero-order valence-electron chi connectivity index (χ0n) is 10.6. The van der Waals surface area contributed by atoms with Gasteiger partial charge in [0.2, 0.25) is 0 Å². The number of ketones is 1. The summed E-state index contributed by atoms with van der Waals surface area (Å²) in [6.45, 7) is 3.92. The predicted octanol–water partition coefficient (Wildman–Crippen LogP) is 2.02. The molecule has 0 saturated carbocycles. The van der Waals surface area contributed by atoms with Crippen molar-refractivity contribution < 1.29 is 14.1 Å². The summed E-state index contributed by atoms with van der Waals surface area (Å²) in [7, 11) is 0. The van der Waals surface area contributed by atoms with Crippen molar-refractivity contribution in [2.45, 2.75) is 20.4 Å². The number of carbonyl (C=O) groups excluding carboxylic acids is 2. The molecule has 1 amide bonds. The van der Waals surface area contributed by atoms with Gasteiger partial charge in [0.15, 0.2) is 5.76 Å². The molecule has 0 saturated heterocycles. The summed E-state index contributed by atoms with van der Waals surface area (Å²) >= 11 is 0. The van der Waals surface area contributed by atoms with E-state index in [0.29, 0.717) is 17.0 Å². The number of rotatable bonds is 2. The van der Waals surface area contributed by atoms with Gasteiger partial charge in [-0.15, -0.1) is 0 Å². The van der Waals surface area contributed by atoms with Crippen LogP contribution < -0.4 is 4.90 Å². The van der Waals surface area contributed by atoms with Gasteiger partial charge in [-0.3, -0.25) is 14.5 Å². The second kappa shape index (κ2) is 4.05. The Morgan fingerprint density at radius 3 is 2.68 bits per heavy atom. The van der Waals surface area contributed by atoms with Crippen molar-refractivity contribution in [3.8, 4) is 0 Å². The summed E-state index contributed by atoms with van der Waals surface area (Å²) in [6.07, 6.45) is 0. The lowest BCUT2D eigenvalue weighted by atomic mass is 10.1. The summed E-state index contributed by atoms with van der Waals surface area (Å²) in [6, 6.07) is 7.16. The number of amides is 1. The quantitative estimate of drug-likeness (QED) is 0.771. The summed E-state index contributed by atoms with van der Waals surface area (Å²) in [5.74, 6) is -0.420. The van der Waals surface area contributed by atoms with Gasteiger partial charge in [-0.25, -0.2) is 0 Å². The van der Waals surface area contributed by atoms with E-state index in [1.807, 2.05) is 13.0 Å². The van der Waals surface area contributed by atoms with Crippen molar-refractivity contribution in [1.29, 1.82) is 0 Å². The van der Waals surface area contributed by atoms with Gasteiger partial charge >= 0.3 is 0 Å². The van der Waals surface area contributed by atoms with Crippen LogP contribution in [-0.2, 0) is 11.3 Å². The van der Waals surface area contributed by atoms with Gasteiger partial charge in [0, 0.05) is 6.07 Å². The van der Waals surface area contributed by atoms with Gasteiger partial charge in [-0.2, -0.15) is 0 Å². The molecule has 0 fully saturated rings. The largest absolute Gasteiger partial charge is 0.359 e. The number of hydrogen-bond donors (Lipinski definition) is 0. The van der Waals surface area contributed by atoms with Gasteiger partial charge in [0.1, 0.15) is 0 Å². The Labute approximate surface area is 109 Å². The van der Waals surface area contributed by atoms with E-state index < -0.39 is 11.7 Å². The third-order valence-corrected chi connectivity index (χ3v) is 3.12. The van der Waals surface area contributed by atoms with Gasteiger partial charge in [-0.1, -0.05) is 16.8 Å². The van der Waals surface area contributed by atoms with Crippen molar-refractivity contribution in [3.63, 3.8) is 0 Å². The number of hydrogen-bond acceptors (Lipinski definition) is 4. The Morgan fingerprint density at radius 2 is 2.00 bits per heavy atom. The highest BCUT2D eigenvalue weighted by atomic mass is 16.5. The lowest BCUT2D eigenvalue weighted by molar-refractivity contribution is -0.114. The van der Waals surface area contributed by atoms with E-state index in [1.54, 1.807) is 25.1 Å². The van der Waals surface area contributed by atoms with Crippen molar-refractivity contribution >= 4 is 17.4 Å². The number of fused-ring (bicyclic) bond motifs is 1. The molecule has 96 valence electrons. The van der Waals surface area contributed by atoms with Crippen LogP contribution in [0.4, 0.5) is 5.69 Å². The Hall–Kier alpha value is -2.43. The maximum absolute atomic E-state index is 12.0. The lowest BCUT2D eigenvalue weighted by Crippen LogP contribution is -2.28. The minimum Gasteiger partial charge on any atom is -0.359 e. The number of carbonyl (C=O) groups is 2. The molecule has 2 aromatic rings. The maximum Gasteiger partial charge on any atom is 0.299 e. The van der Waals surface area contributed by atoms with Crippen LogP contribution in [0, 0.1) is 13.8 Å². The molecule has 1 aliphatic heterocycles. The fourth-order valence-corrected chi connectivity index (χ4v) is 2.22. The van der Waals surface area contributed by atoms with Crippen LogP contribution in [0.25, 0.3) is 0 Å². The average molecular weight is 256 g/mol. The van der Waals surface area contributed by atoms with E-state index in [0.717, 1.165) is 11.3 Å². The molecule has 19 heavy (non-hydrogen) atoms. The van der Waals surface area contributed by atoms with E-state index in [1.165, 1.54) is 4.90 Å². The van der Waals surface area contributed by atoms with Crippen molar-refractivity contribution in [2.24, 2.45) is 0 Å². The van der Waals surface area contributed by atoms with Gasteiger partial charge in [0.25, 0.3) is 11.7 Å². The molecule has 0 bridgehead atoms. The second-order valence-electron chi connectivity index (χ2n) is 4.68. The van der Waals surface area contributed by atoms with Crippen molar-refractivity contribution in [3.05, 3.63) is 46.8 Å². The van der Waals surface area contributed by atoms with Gasteiger partial charge in [0.05, 0.1) is 23.5 Å². The highest BCUT2D eigenvalue weighted by Gasteiger charge is 2.36. The Balaban J connectivity index is 1.99. The highest BCUT2D eigenvalue weighted by molar-refractivity contribution is 6.52. The van der Waals surface area contributed by atoms with E-state index in [2.05, 4.69) is 5.16 Å². The number of anilines is 1. The second-order valence-corrected chi connectivity index (χ2v) is 4.68. The normalized spacial score (nSPS) is 14.1. The molecule has 0 radical (unpaired) electrons. The molecule has 0 aliphatic carbocycles. The third-order valence-electron chi connectivity index (χ3n) is 3.12. The average Bonchev–Trinajstić information content (AvgIpc) is 2.88. The van der Waals surface area contributed by atoms with Crippen LogP contribution in [0.3, 0.4) is 0 Å². The van der Waals surface area contributed by atoms with E-state index >= 15 is 0 Å². The molecule has 1 aliphatic rings. The number of nitrogens with zero attached hydrogens (tertiary/aromatic N) is 2. The number of aromatic nitrogens is 1. The van der Waals surface area contributed by atoms with E-state index in [-0.39, 0.29) is 6.54 Å². The SMILES string of the molecule is Cc1ccc2c(c1)C(=O)C(=O)N2Cc1cc(C)no1. The lowest BCUT2D eigenvalue weighted by Gasteiger charge is -2.14. The minimum absolute atomic E-state index is 0.224. The molecule has 5 nitrogen and oxygen atoms in total. The summed E-state index contributed by atoms with van der Waals surface area (Å²) < 4.78 is 5.09. The van der Waals surface area contributed by atoms with Crippen LogP contribution in [0.2, 0.25) is 0 Å². The molecule has 1 aromatic carbocycles. The van der Waals surface area contributed by atoms with E-state index in [9.17, 15) is 9.59 Å². The van der Waals surface area contributed by atoms with Gasteiger partial charge < -0.3 is 4.52 Å². The zero-order chi connectivity index (χ0) is 13.6. The van der Waals surface area contributed by atoms with Gasteiger partial charge in [-0.05, 0) is 26.0 Å². The molecule has 0 atom stereocenters. The highest BCUT2D eigenvalue weighted by Crippen LogP contribution is 2.31. The number of benzene rings is 1. The topological polar surface area (TPSA) is 63.4 Å². The number of Topliss-reactive ketones (excluding diaryl/α,β-unsaturated/α-hetero) is 1. The first kappa shape index (κ1) is 11.6. The maximum atomic E-state index is 12.0. The monoisotopic (exact) mass is 256 g/mol. The summed E-state index contributed by atoms with van der Waals surface area (Å²) in [5, 5.41) is 3.77. The zero-order valence-corrected chi connectivity index (χ0v) is 10.6. The molecular weight excluding hydrogens is 244 g/mol. The minimum atomic E-state index is -0.519. The van der Waals surface area contributed by atoms with Crippen LogP contribution >= 0.6 is 0 Å². The standard InChI is InChI=1S/C14H12N2O3/c1-8-3-4-12-11(5-8)13(17)14(18)16(12)7-10-6-9(2)15-19-10/h3-6H,7H2,1-2H3. The smallest absolute Gasteiger partial charge is 0.299 e. The third kappa shape index (κ3) is 1.83. The number of aryl methyl sites for hydroxylation is 2. The molecule has 3 rings (SSSR count). The van der Waals surface area contributed by atoms with Crippen LogP contribution in [-0.4, -0.2) is 16.8 Å². The molecule has 0 N–H and O–H groups in total. The van der Waals surface area contributed by atoms with Crippen LogP contribution in [0.1, 0.15) is 27.4 Å². The molecule has 2 heterocycles. The first-order chi connectivity index (χ1) is 9.06. The molecule has 0 unspecified atom stereocenters. The van der Waals surface area contributed by atoms with Crippen molar-refractivity contribution in [1.82, 2.24) is 5.16 Å². The van der Waals surface area contributed by atoms with Crippen molar-refractivity contribution in [2.75, 3.05) is 4.90 Å². The fourth-order valence-electron chi connectivity index (χ4n) is 2.22.